The van der Waals surface area contributed by atoms with Gasteiger partial charge < -0.3 is 10.5 Å². The number of hydrogen-bond donors (Lipinski definition) is 1. The molecule has 0 aromatic rings. The summed E-state index contributed by atoms with van der Waals surface area (Å²) in [5, 5.41) is 0. The Balaban J connectivity index is 2.68. The first-order valence-corrected chi connectivity index (χ1v) is 6.16. The number of esters is 1. The fraction of sp³-hybridized carbons (Fsp3) is 0.923. The van der Waals surface area contributed by atoms with E-state index in [9.17, 15) is 4.79 Å². The number of hydrogen-bond acceptors (Lipinski definition) is 3. The molecule has 0 heterocycles. The average Bonchev–Trinajstić information content (AvgIpc) is 2.09. The van der Waals surface area contributed by atoms with Crippen LogP contribution in [0, 0.1) is 11.8 Å². The minimum Gasteiger partial charge on any atom is -0.459 e. The molecule has 1 aliphatic rings. The van der Waals surface area contributed by atoms with Crippen LogP contribution in [0.15, 0.2) is 0 Å². The van der Waals surface area contributed by atoms with Crippen LogP contribution in [0.1, 0.15) is 53.9 Å². The standard InChI is InChI=1S/C13H25NO2/c1-9-6-7-13(14,8-10(9)2)11(15)16-12(3,4)5/h9-10H,6-8,14H2,1-5H3/t9-,10-,13-/m1/s1. The Labute approximate surface area is 98.7 Å². The molecule has 0 unspecified atom stereocenters. The van der Waals surface area contributed by atoms with Gasteiger partial charge in [0.25, 0.3) is 0 Å². The molecule has 1 saturated carbocycles. The summed E-state index contributed by atoms with van der Waals surface area (Å²) < 4.78 is 5.40. The molecule has 2 N–H and O–H groups in total. The summed E-state index contributed by atoms with van der Waals surface area (Å²) in [6.45, 7) is 10.0. The van der Waals surface area contributed by atoms with E-state index in [1.54, 1.807) is 0 Å². The highest BCUT2D eigenvalue weighted by molar-refractivity contribution is 5.81. The number of rotatable bonds is 1. The van der Waals surface area contributed by atoms with Gasteiger partial charge in [-0.15, -0.1) is 0 Å². The molecular weight excluding hydrogens is 202 g/mol. The van der Waals surface area contributed by atoms with Crippen LogP contribution in [0.2, 0.25) is 0 Å². The maximum absolute atomic E-state index is 12.0. The average molecular weight is 227 g/mol. The molecule has 1 fully saturated rings. The van der Waals surface area contributed by atoms with Gasteiger partial charge in [0.05, 0.1) is 0 Å². The summed E-state index contributed by atoms with van der Waals surface area (Å²) in [6.07, 6.45) is 2.49. The van der Waals surface area contributed by atoms with E-state index in [4.69, 9.17) is 10.5 Å². The molecule has 1 aliphatic carbocycles. The molecule has 0 saturated heterocycles. The molecule has 16 heavy (non-hydrogen) atoms. The van der Waals surface area contributed by atoms with E-state index in [0.29, 0.717) is 11.8 Å². The van der Waals surface area contributed by atoms with Gasteiger partial charge in [0, 0.05) is 0 Å². The zero-order chi connectivity index (χ0) is 12.6. The van der Waals surface area contributed by atoms with Crippen molar-refractivity contribution in [2.45, 2.75) is 65.0 Å². The Hall–Kier alpha value is -0.570. The van der Waals surface area contributed by atoms with Crippen LogP contribution < -0.4 is 5.73 Å². The third-order valence-corrected chi connectivity index (χ3v) is 3.51. The van der Waals surface area contributed by atoms with Gasteiger partial charge in [-0.3, -0.25) is 4.79 Å². The van der Waals surface area contributed by atoms with E-state index in [2.05, 4.69) is 13.8 Å². The Morgan fingerprint density at radius 3 is 2.31 bits per heavy atom. The van der Waals surface area contributed by atoms with Crippen molar-refractivity contribution >= 4 is 5.97 Å². The van der Waals surface area contributed by atoms with Crippen molar-refractivity contribution in [2.75, 3.05) is 0 Å². The van der Waals surface area contributed by atoms with E-state index in [1.807, 2.05) is 20.8 Å². The topological polar surface area (TPSA) is 52.3 Å². The van der Waals surface area contributed by atoms with Crippen LogP contribution in [-0.4, -0.2) is 17.1 Å². The quantitative estimate of drug-likeness (QED) is 0.700. The Bertz CT molecular complexity index is 270. The highest BCUT2D eigenvalue weighted by Crippen LogP contribution is 2.36. The first-order chi connectivity index (χ1) is 7.14. The second-order valence-corrected chi connectivity index (χ2v) is 6.36. The zero-order valence-corrected chi connectivity index (χ0v) is 11.2. The smallest absolute Gasteiger partial charge is 0.326 e. The maximum atomic E-state index is 12.0. The summed E-state index contributed by atoms with van der Waals surface area (Å²) in [7, 11) is 0. The van der Waals surface area contributed by atoms with Crippen molar-refractivity contribution < 1.29 is 9.53 Å². The molecule has 0 bridgehead atoms. The van der Waals surface area contributed by atoms with Crippen molar-refractivity contribution in [1.29, 1.82) is 0 Å². The molecule has 0 aromatic heterocycles. The summed E-state index contributed by atoms with van der Waals surface area (Å²) in [5.74, 6) is 0.907. The molecule has 0 amide bonds. The van der Waals surface area contributed by atoms with Crippen LogP contribution in [0.5, 0.6) is 0 Å². The Morgan fingerprint density at radius 2 is 1.88 bits per heavy atom. The highest BCUT2D eigenvalue weighted by Gasteiger charge is 2.42. The lowest BCUT2D eigenvalue weighted by molar-refractivity contribution is -0.164. The van der Waals surface area contributed by atoms with Gasteiger partial charge in [-0.25, -0.2) is 0 Å². The van der Waals surface area contributed by atoms with E-state index < -0.39 is 11.1 Å². The lowest BCUT2D eigenvalue weighted by atomic mass is 9.72. The zero-order valence-electron chi connectivity index (χ0n) is 11.2. The van der Waals surface area contributed by atoms with Crippen molar-refractivity contribution in [3.8, 4) is 0 Å². The molecule has 0 spiro atoms. The monoisotopic (exact) mass is 227 g/mol. The second kappa shape index (κ2) is 4.36. The molecule has 1 rings (SSSR count). The van der Waals surface area contributed by atoms with Crippen molar-refractivity contribution in [3.63, 3.8) is 0 Å². The van der Waals surface area contributed by atoms with E-state index in [-0.39, 0.29) is 5.97 Å². The van der Waals surface area contributed by atoms with Crippen LogP contribution in [0.25, 0.3) is 0 Å². The normalized spacial score (nSPS) is 35.9. The number of carbonyl (C=O) groups excluding carboxylic acids is 1. The lowest BCUT2D eigenvalue weighted by Gasteiger charge is -2.39. The summed E-state index contributed by atoms with van der Waals surface area (Å²) in [5.41, 5.74) is 4.97. The van der Waals surface area contributed by atoms with Gasteiger partial charge in [0.1, 0.15) is 11.1 Å². The Kier molecular flexibility index (Phi) is 3.68. The van der Waals surface area contributed by atoms with Gasteiger partial charge in [-0.05, 0) is 51.9 Å². The molecule has 0 aromatic carbocycles. The number of ether oxygens (including phenoxy) is 1. The van der Waals surface area contributed by atoms with Crippen LogP contribution in [0.3, 0.4) is 0 Å². The van der Waals surface area contributed by atoms with Crippen LogP contribution in [0.4, 0.5) is 0 Å². The second-order valence-electron chi connectivity index (χ2n) is 6.36. The van der Waals surface area contributed by atoms with Gasteiger partial charge >= 0.3 is 5.97 Å². The molecule has 94 valence electrons. The molecule has 3 atom stereocenters. The lowest BCUT2D eigenvalue weighted by Crippen LogP contribution is -2.54. The predicted octanol–water partition coefficient (Wildman–Crippen LogP) is 2.48. The minimum absolute atomic E-state index is 0.237. The predicted molar refractivity (Wildman–Crippen MR) is 64.9 cm³/mol. The first kappa shape index (κ1) is 13.5. The van der Waals surface area contributed by atoms with Gasteiger partial charge in [0.2, 0.25) is 0 Å². The summed E-state index contributed by atoms with van der Waals surface area (Å²) >= 11 is 0. The Morgan fingerprint density at radius 1 is 1.31 bits per heavy atom. The van der Waals surface area contributed by atoms with Gasteiger partial charge in [-0.1, -0.05) is 13.8 Å². The fourth-order valence-electron chi connectivity index (χ4n) is 2.21. The van der Waals surface area contributed by atoms with Crippen LogP contribution in [-0.2, 0) is 9.53 Å². The highest BCUT2D eigenvalue weighted by atomic mass is 16.6. The third-order valence-electron chi connectivity index (χ3n) is 3.51. The van der Waals surface area contributed by atoms with Crippen molar-refractivity contribution in [2.24, 2.45) is 17.6 Å². The molecule has 3 heteroatoms. The van der Waals surface area contributed by atoms with Crippen LogP contribution >= 0.6 is 0 Å². The SMILES string of the molecule is C[C@@H]1CC[C@](N)(C(=O)OC(C)(C)C)C[C@H]1C. The molecular formula is C13H25NO2. The first-order valence-electron chi connectivity index (χ1n) is 6.16. The molecule has 0 radical (unpaired) electrons. The van der Waals surface area contributed by atoms with E-state index in [0.717, 1.165) is 19.3 Å². The van der Waals surface area contributed by atoms with Crippen molar-refractivity contribution in [1.82, 2.24) is 0 Å². The van der Waals surface area contributed by atoms with Crippen molar-refractivity contribution in [3.05, 3.63) is 0 Å². The number of carbonyl (C=O) groups is 1. The maximum Gasteiger partial charge on any atom is 0.326 e. The fourth-order valence-corrected chi connectivity index (χ4v) is 2.21. The van der Waals surface area contributed by atoms with E-state index in [1.165, 1.54) is 0 Å². The summed E-state index contributed by atoms with van der Waals surface area (Å²) in [6, 6.07) is 0. The van der Waals surface area contributed by atoms with Gasteiger partial charge in [0.15, 0.2) is 0 Å². The summed E-state index contributed by atoms with van der Waals surface area (Å²) in [4.78, 5) is 12.0. The van der Waals surface area contributed by atoms with Gasteiger partial charge in [-0.2, -0.15) is 0 Å². The minimum atomic E-state index is -0.765. The largest absolute Gasteiger partial charge is 0.459 e. The van der Waals surface area contributed by atoms with E-state index >= 15 is 0 Å². The number of nitrogens with two attached hydrogens (primary N) is 1. The molecule has 3 nitrogen and oxygen atoms in total. The molecule has 0 aliphatic heterocycles. The third kappa shape index (κ3) is 3.21.